The maximum Gasteiger partial charge on any atom is 0.419 e. The molecule has 0 aliphatic rings. The SMILES string of the molecule is O=C(Nc1ccc(F)c(C(F)(F)F)c1)c1nc2cc(O)ccc2o1. The van der Waals surface area contributed by atoms with Gasteiger partial charge in [0.05, 0.1) is 5.56 Å². The number of halogens is 4. The quantitative estimate of drug-likeness (QED) is 0.693. The number of amides is 1. The highest BCUT2D eigenvalue weighted by Gasteiger charge is 2.34. The highest BCUT2D eigenvalue weighted by molar-refractivity contribution is 6.02. The van der Waals surface area contributed by atoms with Crippen LogP contribution in [0, 0.1) is 5.82 Å². The molecule has 0 aliphatic heterocycles. The number of phenols is 1. The van der Waals surface area contributed by atoms with Gasteiger partial charge in [-0.2, -0.15) is 13.2 Å². The minimum absolute atomic E-state index is 0.0869. The molecule has 2 N–H and O–H groups in total. The van der Waals surface area contributed by atoms with Gasteiger partial charge >= 0.3 is 12.1 Å². The summed E-state index contributed by atoms with van der Waals surface area (Å²) in [6.07, 6.45) is -4.89. The lowest BCUT2D eigenvalue weighted by Gasteiger charge is -2.10. The molecule has 0 aliphatic carbocycles. The summed E-state index contributed by atoms with van der Waals surface area (Å²) < 4.78 is 56.3. The summed E-state index contributed by atoms with van der Waals surface area (Å²) in [6, 6.07) is 6.02. The van der Waals surface area contributed by atoms with E-state index in [0.29, 0.717) is 12.1 Å². The van der Waals surface area contributed by atoms with E-state index in [-0.39, 0.29) is 22.5 Å². The molecule has 1 heterocycles. The van der Waals surface area contributed by atoms with Crippen molar-refractivity contribution in [2.45, 2.75) is 6.18 Å². The lowest BCUT2D eigenvalue weighted by Crippen LogP contribution is -2.14. The first kappa shape index (κ1) is 15.8. The first-order chi connectivity index (χ1) is 11.2. The summed E-state index contributed by atoms with van der Waals surface area (Å²) >= 11 is 0. The first-order valence-electron chi connectivity index (χ1n) is 6.52. The molecule has 5 nitrogen and oxygen atoms in total. The smallest absolute Gasteiger partial charge is 0.419 e. The number of nitrogens with one attached hydrogen (secondary N) is 1. The fourth-order valence-electron chi connectivity index (χ4n) is 2.02. The van der Waals surface area contributed by atoms with Crippen molar-refractivity contribution < 1.29 is 31.9 Å². The molecular formula is C15H8F4N2O3. The molecule has 2 aromatic carbocycles. The lowest BCUT2D eigenvalue weighted by molar-refractivity contribution is -0.139. The van der Waals surface area contributed by atoms with Gasteiger partial charge in [0.15, 0.2) is 5.58 Å². The Bertz CT molecular complexity index is 934. The second-order valence-corrected chi connectivity index (χ2v) is 4.82. The first-order valence-corrected chi connectivity index (χ1v) is 6.52. The molecule has 0 spiro atoms. The molecular weight excluding hydrogens is 332 g/mol. The fraction of sp³-hybridized carbons (Fsp3) is 0.0667. The third kappa shape index (κ3) is 3.00. The van der Waals surface area contributed by atoms with E-state index < -0.39 is 29.4 Å². The van der Waals surface area contributed by atoms with Crippen molar-refractivity contribution in [3.8, 4) is 5.75 Å². The predicted octanol–water partition coefficient (Wildman–Crippen LogP) is 3.94. The molecule has 0 unspecified atom stereocenters. The number of nitrogens with zero attached hydrogens (tertiary/aromatic N) is 1. The number of oxazole rings is 1. The Morgan fingerprint density at radius 3 is 2.62 bits per heavy atom. The van der Waals surface area contributed by atoms with Gasteiger partial charge in [0.25, 0.3) is 5.89 Å². The maximum absolute atomic E-state index is 13.2. The van der Waals surface area contributed by atoms with E-state index in [4.69, 9.17) is 4.42 Å². The molecule has 124 valence electrons. The molecule has 1 amide bonds. The van der Waals surface area contributed by atoms with Crippen molar-refractivity contribution in [2.24, 2.45) is 0 Å². The molecule has 0 fully saturated rings. The van der Waals surface area contributed by atoms with Crippen LogP contribution in [0.25, 0.3) is 11.1 Å². The van der Waals surface area contributed by atoms with Crippen LogP contribution < -0.4 is 5.32 Å². The van der Waals surface area contributed by atoms with Gasteiger partial charge in [0.2, 0.25) is 0 Å². The van der Waals surface area contributed by atoms with E-state index in [0.717, 1.165) is 6.07 Å². The molecule has 9 heteroatoms. The number of benzene rings is 2. The van der Waals surface area contributed by atoms with Gasteiger partial charge < -0.3 is 14.8 Å². The van der Waals surface area contributed by atoms with E-state index in [1.54, 1.807) is 0 Å². The molecule has 24 heavy (non-hydrogen) atoms. The van der Waals surface area contributed by atoms with Crippen molar-refractivity contribution >= 4 is 22.7 Å². The molecule has 3 rings (SSSR count). The van der Waals surface area contributed by atoms with Crippen LogP contribution in [0.4, 0.5) is 23.2 Å². The van der Waals surface area contributed by atoms with Gasteiger partial charge in [-0.25, -0.2) is 9.37 Å². The molecule has 0 atom stereocenters. The average Bonchev–Trinajstić information content (AvgIpc) is 2.91. The van der Waals surface area contributed by atoms with Crippen LogP contribution in [-0.4, -0.2) is 16.0 Å². The lowest BCUT2D eigenvalue weighted by atomic mass is 10.2. The summed E-state index contributed by atoms with van der Waals surface area (Å²) in [6.45, 7) is 0. The van der Waals surface area contributed by atoms with Gasteiger partial charge in [-0.05, 0) is 30.3 Å². The Hall–Kier alpha value is -3.10. The number of alkyl halides is 3. The normalized spacial score (nSPS) is 11.7. The number of fused-ring (bicyclic) bond motifs is 1. The number of aromatic hydroxyl groups is 1. The number of phenolic OH excluding ortho intramolecular Hbond substituents is 1. The second kappa shape index (κ2) is 5.52. The van der Waals surface area contributed by atoms with Crippen LogP contribution in [0.3, 0.4) is 0 Å². The Labute approximate surface area is 131 Å². The van der Waals surface area contributed by atoms with Crippen LogP contribution in [0.15, 0.2) is 40.8 Å². The van der Waals surface area contributed by atoms with Crippen LogP contribution in [-0.2, 0) is 6.18 Å². The maximum atomic E-state index is 13.2. The number of hydrogen-bond donors (Lipinski definition) is 2. The third-order valence-corrected chi connectivity index (χ3v) is 3.10. The number of rotatable bonds is 2. The van der Waals surface area contributed by atoms with Crippen molar-refractivity contribution in [1.82, 2.24) is 4.98 Å². The topological polar surface area (TPSA) is 75.4 Å². The van der Waals surface area contributed by atoms with Crippen molar-refractivity contribution in [3.63, 3.8) is 0 Å². The van der Waals surface area contributed by atoms with Gasteiger partial charge in [0.1, 0.15) is 17.1 Å². The van der Waals surface area contributed by atoms with Crippen molar-refractivity contribution in [3.05, 3.63) is 53.7 Å². The van der Waals surface area contributed by atoms with Crippen molar-refractivity contribution in [1.29, 1.82) is 0 Å². The average molecular weight is 340 g/mol. The van der Waals surface area contributed by atoms with Crippen LogP contribution in [0.1, 0.15) is 16.2 Å². The monoisotopic (exact) mass is 340 g/mol. The van der Waals surface area contributed by atoms with Crippen LogP contribution in [0.5, 0.6) is 5.75 Å². The number of aromatic nitrogens is 1. The zero-order valence-electron chi connectivity index (χ0n) is 11.7. The van der Waals surface area contributed by atoms with E-state index in [1.807, 2.05) is 0 Å². The summed E-state index contributed by atoms with van der Waals surface area (Å²) in [4.78, 5) is 15.8. The third-order valence-electron chi connectivity index (χ3n) is 3.10. The van der Waals surface area contributed by atoms with E-state index in [9.17, 15) is 27.5 Å². The number of hydrogen-bond acceptors (Lipinski definition) is 4. The summed E-state index contributed by atoms with van der Waals surface area (Å²) in [7, 11) is 0. The molecule has 0 saturated carbocycles. The Morgan fingerprint density at radius 1 is 1.17 bits per heavy atom. The number of carbonyl (C=O) groups is 1. The summed E-state index contributed by atoms with van der Waals surface area (Å²) in [5.41, 5.74) is -1.34. The van der Waals surface area contributed by atoms with E-state index in [1.165, 1.54) is 18.2 Å². The predicted molar refractivity (Wildman–Crippen MR) is 75.0 cm³/mol. The Kier molecular flexibility index (Phi) is 3.63. The molecule has 0 bridgehead atoms. The zero-order valence-corrected chi connectivity index (χ0v) is 11.7. The standard InChI is InChI=1S/C15H8F4N2O3/c16-10-3-1-7(5-9(10)15(17,18)19)20-13(23)14-21-11-6-8(22)2-4-12(11)24-14/h1-6,22H,(H,20,23). The summed E-state index contributed by atoms with van der Waals surface area (Å²) in [5, 5.41) is 11.5. The van der Waals surface area contributed by atoms with E-state index >= 15 is 0 Å². The Balaban J connectivity index is 1.88. The minimum atomic E-state index is -4.89. The number of anilines is 1. The highest BCUT2D eigenvalue weighted by atomic mass is 19.4. The highest BCUT2D eigenvalue weighted by Crippen LogP contribution is 2.33. The Morgan fingerprint density at radius 2 is 1.92 bits per heavy atom. The van der Waals surface area contributed by atoms with Crippen molar-refractivity contribution in [2.75, 3.05) is 5.32 Å². The molecule has 0 saturated heterocycles. The van der Waals surface area contributed by atoms with Gasteiger partial charge in [-0.3, -0.25) is 4.79 Å². The second-order valence-electron chi connectivity index (χ2n) is 4.82. The molecule has 1 aromatic heterocycles. The van der Waals surface area contributed by atoms with Gasteiger partial charge in [0, 0.05) is 11.8 Å². The summed E-state index contributed by atoms with van der Waals surface area (Å²) in [5.74, 6) is -2.85. The minimum Gasteiger partial charge on any atom is -0.508 e. The zero-order chi connectivity index (χ0) is 17.5. The van der Waals surface area contributed by atoms with Crippen LogP contribution in [0.2, 0.25) is 0 Å². The van der Waals surface area contributed by atoms with Crippen LogP contribution >= 0.6 is 0 Å². The van der Waals surface area contributed by atoms with Gasteiger partial charge in [-0.15, -0.1) is 0 Å². The molecule has 0 radical (unpaired) electrons. The number of carbonyl (C=O) groups excluding carboxylic acids is 1. The van der Waals surface area contributed by atoms with E-state index in [2.05, 4.69) is 10.3 Å². The van der Waals surface area contributed by atoms with Gasteiger partial charge in [-0.1, -0.05) is 0 Å². The largest absolute Gasteiger partial charge is 0.508 e. The fourth-order valence-corrected chi connectivity index (χ4v) is 2.02. The molecule has 3 aromatic rings.